The number of carbonyl (C=O) groups excluding carboxylic acids is 2. The van der Waals surface area contributed by atoms with Crippen LogP contribution in [-0.4, -0.2) is 30.8 Å². The first-order valence-electron chi connectivity index (χ1n) is 3.17. The predicted octanol–water partition coefficient (Wildman–Crippen LogP) is -0.404. The lowest BCUT2D eigenvalue weighted by atomic mass is 10.6. The number of rotatable bonds is 4. The number of thiol groups is 1. The molecule has 0 unspecified atom stereocenters. The SMILES string of the molecule is CC(=O)OCC(=O)NCCS. The lowest BCUT2D eigenvalue weighted by Crippen LogP contribution is -2.29. The van der Waals surface area contributed by atoms with Gasteiger partial charge in [0, 0.05) is 19.2 Å². The molecule has 5 heteroatoms. The number of esters is 1. The maximum atomic E-state index is 10.7. The normalized spacial score (nSPS) is 8.91. The highest BCUT2D eigenvalue weighted by Gasteiger charge is 2.00. The molecule has 0 heterocycles. The second kappa shape index (κ2) is 6.03. The molecule has 0 aromatic heterocycles. The van der Waals surface area contributed by atoms with Gasteiger partial charge in [-0.05, 0) is 0 Å². The topological polar surface area (TPSA) is 55.4 Å². The van der Waals surface area contributed by atoms with Gasteiger partial charge >= 0.3 is 5.97 Å². The zero-order valence-corrected chi connectivity index (χ0v) is 7.19. The Hall–Kier alpha value is -0.710. The maximum Gasteiger partial charge on any atom is 0.303 e. The molecule has 0 aromatic carbocycles. The molecule has 1 N–H and O–H groups in total. The zero-order chi connectivity index (χ0) is 8.69. The van der Waals surface area contributed by atoms with Crippen molar-refractivity contribution in [2.24, 2.45) is 0 Å². The van der Waals surface area contributed by atoms with Crippen molar-refractivity contribution >= 4 is 24.5 Å². The molecule has 64 valence electrons. The van der Waals surface area contributed by atoms with E-state index < -0.39 is 5.97 Å². The fourth-order valence-electron chi connectivity index (χ4n) is 0.414. The number of hydrogen-bond acceptors (Lipinski definition) is 4. The summed E-state index contributed by atoms with van der Waals surface area (Å²) in [6.45, 7) is 1.54. The molecule has 0 saturated heterocycles. The summed E-state index contributed by atoms with van der Waals surface area (Å²) in [6, 6.07) is 0. The Labute approximate surface area is 70.7 Å². The Bertz CT molecular complexity index is 149. The molecule has 0 aliphatic carbocycles. The maximum absolute atomic E-state index is 10.7. The van der Waals surface area contributed by atoms with Crippen LogP contribution in [0.25, 0.3) is 0 Å². The van der Waals surface area contributed by atoms with Crippen LogP contribution in [0.1, 0.15) is 6.92 Å². The summed E-state index contributed by atoms with van der Waals surface area (Å²) in [5.74, 6) is -0.175. The summed E-state index contributed by atoms with van der Waals surface area (Å²) < 4.78 is 4.42. The van der Waals surface area contributed by atoms with Crippen molar-refractivity contribution < 1.29 is 14.3 Å². The van der Waals surface area contributed by atoms with Crippen molar-refractivity contribution in [1.82, 2.24) is 5.32 Å². The van der Waals surface area contributed by atoms with Gasteiger partial charge in [-0.1, -0.05) is 0 Å². The average molecular weight is 177 g/mol. The van der Waals surface area contributed by atoms with Gasteiger partial charge in [0.15, 0.2) is 6.61 Å². The van der Waals surface area contributed by atoms with E-state index in [1.54, 1.807) is 0 Å². The zero-order valence-electron chi connectivity index (χ0n) is 6.29. The predicted molar refractivity (Wildman–Crippen MR) is 43.5 cm³/mol. The second-order valence-electron chi connectivity index (χ2n) is 1.85. The van der Waals surface area contributed by atoms with E-state index in [1.807, 2.05) is 0 Å². The van der Waals surface area contributed by atoms with Crippen molar-refractivity contribution in [3.05, 3.63) is 0 Å². The Morgan fingerprint density at radius 3 is 2.64 bits per heavy atom. The average Bonchev–Trinajstić information content (AvgIpc) is 1.97. The third kappa shape index (κ3) is 7.18. The van der Waals surface area contributed by atoms with Crippen LogP contribution in [-0.2, 0) is 14.3 Å². The summed E-state index contributed by atoms with van der Waals surface area (Å²) in [5, 5.41) is 2.50. The van der Waals surface area contributed by atoms with E-state index in [0.717, 1.165) is 0 Å². The summed E-state index contributed by atoms with van der Waals surface area (Å²) in [4.78, 5) is 20.9. The van der Waals surface area contributed by atoms with Gasteiger partial charge in [0.2, 0.25) is 0 Å². The first-order chi connectivity index (χ1) is 5.16. The van der Waals surface area contributed by atoms with E-state index in [2.05, 4.69) is 22.7 Å². The standard InChI is InChI=1S/C6H11NO3S/c1-5(8)10-4-6(9)7-2-3-11/h11H,2-4H2,1H3,(H,7,9). The molecule has 4 nitrogen and oxygen atoms in total. The quantitative estimate of drug-likeness (QED) is 0.453. The van der Waals surface area contributed by atoms with Crippen molar-refractivity contribution in [1.29, 1.82) is 0 Å². The fourth-order valence-corrected chi connectivity index (χ4v) is 0.525. The first kappa shape index (κ1) is 10.3. The van der Waals surface area contributed by atoms with Gasteiger partial charge in [-0.15, -0.1) is 0 Å². The minimum absolute atomic E-state index is 0.205. The highest BCUT2D eigenvalue weighted by molar-refractivity contribution is 7.80. The van der Waals surface area contributed by atoms with Crippen LogP contribution in [0.4, 0.5) is 0 Å². The number of ether oxygens (including phenoxy) is 1. The smallest absolute Gasteiger partial charge is 0.303 e. The van der Waals surface area contributed by atoms with Crippen molar-refractivity contribution in [3.63, 3.8) is 0 Å². The molecule has 0 radical (unpaired) electrons. The summed E-state index contributed by atoms with van der Waals surface area (Å²) in [7, 11) is 0. The van der Waals surface area contributed by atoms with Gasteiger partial charge < -0.3 is 10.1 Å². The highest BCUT2D eigenvalue weighted by Crippen LogP contribution is 1.76. The number of nitrogens with one attached hydrogen (secondary N) is 1. The molecule has 0 bridgehead atoms. The van der Waals surface area contributed by atoms with Crippen LogP contribution in [0.3, 0.4) is 0 Å². The Morgan fingerprint density at radius 1 is 1.55 bits per heavy atom. The molecular formula is C6H11NO3S. The van der Waals surface area contributed by atoms with Crippen molar-refractivity contribution in [2.75, 3.05) is 18.9 Å². The highest BCUT2D eigenvalue weighted by atomic mass is 32.1. The molecule has 0 atom stereocenters. The van der Waals surface area contributed by atoms with Crippen molar-refractivity contribution in [3.8, 4) is 0 Å². The number of carbonyl (C=O) groups is 2. The van der Waals surface area contributed by atoms with Crippen LogP contribution < -0.4 is 5.32 Å². The van der Waals surface area contributed by atoms with Crippen molar-refractivity contribution in [2.45, 2.75) is 6.92 Å². The van der Waals surface area contributed by atoms with Gasteiger partial charge in [0.25, 0.3) is 5.91 Å². The van der Waals surface area contributed by atoms with Gasteiger partial charge in [-0.25, -0.2) is 0 Å². The molecule has 0 fully saturated rings. The molecule has 0 saturated carbocycles. The van der Waals surface area contributed by atoms with E-state index in [0.29, 0.717) is 12.3 Å². The summed E-state index contributed by atoms with van der Waals surface area (Å²) in [5.41, 5.74) is 0. The number of hydrogen-bond donors (Lipinski definition) is 2. The molecule has 0 rings (SSSR count). The fraction of sp³-hybridized carbons (Fsp3) is 0.667. The van der Waals surface area contributed by atoms with Crippen LogP contribution in [0.5, 0.6) is 0 Å². The molecule has 0 spiro atoms. The molecule has 0 aliphatic heterocycles. The Morgan fingerprint density at radius 2 is 2.18 bits per heavy atom. The van der Waals surface area contributed by atoms with Crippen LogP contribution >= 0.6 is 12.6 Å². The lowest BCUT2D eigenvalue weighted by molar-refractivity contribution is -0.146. The van der Waals surface area contributed by atoms with Gasteiger partial charge in [0.05, 0.1) is 0 Å². The van der Waals surface area contributed by atoms with E-state index in [1.165, 1.54) is 6.92 Å². The van der Waals surface area contributed by atoms with Gasteiger partial charge in [0.1, 0.15) is 0 Å². The molecular weight excluding hydrogens is 166 g/mol. The van der Waals surface area contributed by atoms with E-state index >= 15 is 0 Å². The lowest BCUT2D eigenvalue weighted by Gasteiger charge is -2.02. The first-order valence-corrected chi connectivity index (χ1v) is 3.81. The number of amides is 1. The van der Waals surface area contributed by atoms with Gasteiger partial charge in [-0.2, -0.15) is 12.6 Å². The minimum Gasteiger partial charge on any atom is -0.456 e. The Kier molecular flexibility index (Phi) is 5.64. The largest absolute Gasteiger partial charge is 0.456 e. The molecule has 0 aliphatic rings. The monoisotopic (exact) mass is 177 g/mol. The van der Waals surface area contributed by atoms with Crippen LogP contribution in [0.2, 0.25) is 0 Å². The van der Waals surface area contributed by atoms with Crippen LogP contribution in [0.15, 0.2) is 0 Å². The minimum atomic E-state index is -0.453. The molecule has 1 amide bonds. The van der Waals surface area contributed by atoms with E-state index in [9.17, 15) is 9.59 Å². The van der Waals surface area contributed by atoms with Crippen LogP contribution in [0, 0.1) is 0 Å². The third-order valence-electron chi connectivity index (χ3n) is 0.840. The molecule has 11 heavy (non-hydrogen) atoms. The Balaban J connectivity index is 3.30. The van der Waals surface area contributed by atoms with E-state index in [-0.39, 0.29) is 12.5 Å². The second-order valence-corrected chi connectivity index (χ2v) is 2.30. The third-order valence-corrected chi connectivity index (χ3v) is 1.06. The summed E-state index contributed by atoms with van der Waals surface area (Å²) in [6.07, 6.45) is 0. The summed E-state index contributed by atoms with van der Waals surface area (Å²) >= 11 is 3.88. The van der Waals surface area contributed by atoms with Gasteiger partial charge in [-0.3, -0.25) is 9.59 Å². The molecule has 0 aromatic rings. The van der Waals surface area contributed by atoms with E-state index in [4.69, 9.17) is 0 Å².